The highest BCUT2D eigenvalue weighted by Gasteiger charge is 2.55. The molecule has 90 valence electrons. The van der Waals surface area contributed by atoms with Gasteiger partial charge in [-0.25, -0.2) is 0 Å². The Balaban J connectivity index is 3.27. The molecule has 0 bridgehead atoms. The van der Waals surface area contributed by atoms with Crippen molar-refractivity contribution in [1.82, 2.24) is 0 Å². The van der Waals surface area contributed by atoms with Crippen molar-refractivity contribution in [3.63, 3.8) is 0 Å². The zero-order valence-corrected chi connectivity index (χ0v) is 12.6. The van der Waals surface area contributed by atoms with E-state index in [0.717, 1.165) is 5.19 Å². The zero-order valence-electron chi connectivity index (χ0n) is 10.6. The lowest BCUT2D eigenvalue weighted by Gasteiger charge is -2.38. The number of benzene rings is 1. The van der Waals surface area contributed by atoms with Crippen LogP contribution in [0.2, 0.25) is 13.1 Å². The molecule has 0 saturated carbocycles. The van der Waals surface area contributed by atoms with E-state index in [1.165, 1.54) is 0 Å². The third kappa shape index (κ3) is 2.14. The van der Waals surface area contributed by atoms with Crippen LogP contribution < -0.4 is 5.19 Å². The van der Waals surface area contributed by atoms with Gasteiger partial charge in [-0.05, 0) is 18.3 Å². The van der Waals surface area contributed by atoms with E-state index in [9.17, 15) is 0 Å². The van der Waals surface area contributed by atoms with E-state index in [2.05, 4.69) is 25.2 Å². The molecule has 0 saturated heterocycles. The van der Waals surface area contributed by atoms with Gasteiger partial charge in [0, 0.05) is 21.3 Å². The van der Waals surface area contributed by atoms with Gasteiger partial charge in [0.1, 0.15) is 0 Å². The lowest BCUT2D eigenvalue weighted by molar-refractivity contribution is 0.263. The summed E-state index contributed by atoms with van der Waals surface area (Å²) in [5.74, 6) is 0. The SMILES string of the molecule is CO[Si](C)(C)[Si](OC)(OC)c1ccccc1. The topological polar surface area (TPSA) is 27.7 Å². The van der Waals surface area contributed by atoms with E-state index in [4.69, 9.17) is 13.3 Å². The molecule has 0 radical (unpaired) electrons. The largest absolute Gasteiger partial charge is 0.417 e. The molecule has 0 spiro atoms. The van der Waals surface area contributed by atoms with Crippen LogP contribution in [0.4, 0.5) is 0 Å². The van der Waals surface area contributed by atoms with Crippen LogP contribution in [0.3, 0.4) is 0 Å². The maximum absolute atomic E-state index is 5.78. The van der Waals surface area contributed by atoms with Crippen molar-refractivity contribution in [2.75, 3.05) is 21.3 Å². The molecule has 0 aliphatic heterocycles. The predicted molar refractivity (Wildman–Crippen MR) is 70.3 cm³/mol. The highest BCUT2D eigenvalue weighted by atomic mass is 29.3. The zero-order chi connectivity index (χ0) is 12.2. The second-order valence-electron chi connectivity index (χ2n) is 4.11. The summed E-state index contributed by atoms with van der Waals surface area (Å²) < 4.78 is 17.3. The quantitative estimate of drug-likeness (QED) is 0.748. The number of hydrogen-bond acceptors (Lipinski definition) is 3. The molecule has 3 nitrogen and oxygen atoms in total. The first-order chi connectivity index (χ1) is 7.54. The molecule has 1 rings (SSSR count). The second-order valence-corrected chi connectivity index (χ2v) is 15.7. The average molecular weight is 256 g/mol. The summed E-state index contributed by atoms with van der Waals surface area (Å²) in [7, 11) is 0.749. The first-order valence-corrected chi connectivity index (χ1v) is 11.0. The van der Waals surface area contributed by atoms with E-state index < -0.39 is 15.9 Å². The van der Waals surface area contributed by atoms with Crippen LogP contribution in [0, 0.1) is 0 Å². The Morgan fingerprint density at radius 1 is 0.812 bits per heavy atom. The molecule has 5 heteroatoms. The van der Waals surface area contributed by atoms with E-state index in [-0.39, 0.29) is 0 Å². The lowest BCUT2D eigenvalue weighted by Crippen LogP contribution is -2.71. The molecule has 0 heterocycles. The summed E-state index contributed by atoms with van der Waals surface area (Å²) in [6.07, 6.45) is 0. The Kier molecular flexibility index (Phi) is 4.46. The van der Waals surface area contributed by atoms with Gasteiger partial charge in [0.2, 0.25) is 7.83 Å². The van der Waals surface area contributed by atoms with Crippen LogP contribution in [0.5, 0.6) is 0 Å². The molecule has 0 aliphatic carbocycles. The van der Waals surface area contributed by atoms with E-state index in [0.29, 0.717) is 0 Å². The van der Waals surface area contributed by atoms with Gasteiger partial charge in [-0.15, -0.1) is 0 Å². The Morgan fingerprint density at radius 2 is 1.31 bits per heavy atom. The average Bonchev–Trinajstić information content (AvgIpc) is 2.32. The standard InChI is InChI=1S/C11H20O3Si2/c1-12-15(4,5)16(13-2,14-3)11-9-7-6-8-10-11/h6-10H,1-5H3. The van der Waals surface area contributed by atoms with Crippen LogP contribution in [0.1, 0.15) is 0 Å². The summed E-state index contributed by atoms with van der Waals surface area (Å²) in [4.78, 5) is 0. The molecule has 16 heavy (non-hydrogen) atoms. The summed E-state index contributed by atoms with van der Waals surface area (Å²) in [6, 6.07) is 10.1. The van der Waals surface area contributed by atoms with Crippen LogP contribution in [-0.4, -0.2) is 37.2 Å². The van der Waals surface area contributed by atoms with Crippen molar-refractivity contribution in [2.24, 2.45) is 0 Å². The Morgan fingerprint density at radius 3 is 1.69 bits per heavy atom. The smallest absolute Gasteiger partial charge is 0.381 e. The Hall–Kier alpha value is -0.466. The van der Waals surface area contributed by atoms with Crippen molar-refractivity contribution in [2.45, 2.75) is 13.1 Å². The molecule has 0 N–H and O–H groups in total. The highest BCUT2D eigenvalue weighted by molar-refractivity contribution is 7.38. The van der Waals surface area contributed by atoms with Gasteiger partial charge in [0.25, 0.3) is 0 Å². The molecule has 0 atom stereocenters. The molecular weight excluding hydrogens is 236 g/mol. The maximum Gasteiger partial charge on any atom is 0.381 e. The molecule has 0 fully saturated rings. The molecule has 0 unspecified atom stereocenters. The summed E-state index contributed by atoms with van der Waals surface area (Å²) in [5, 5.41) is 1.14. The minimum absolute atomic E-state index is 1.14. The molecule has 0 amide bonds. The van der Waals surface area contributed by atoms with Crippen molar-refractivity contribution in [3.05, 3.63) is 30.3 Å². The third-order valence-electron chi connectivity index (χ3n) is 3.03. The van der Waals surface area contributed by atoms with Gasteiger partial charge < -0.3 is 13.3 Å². The van der Waals surface area contributed by atoms with Gasteiger partial charge in [0.05, 0.1) is 0 Å². The fraction of sp³-hybridized carbons (Fsp3) is 0.455. The fourth-order valence-electron chi connectivity index (χ4n) is 1.95. The highest BCUT2D eigenvalue weighted by Crippen LogP contribution is 2.21. The van der Waals surface area contributed by atoms with Crippen LogP contribution >= 0.6 is 0 Å². The molecule has 0 aromatic heterocycles. The monoisotopic (exact) mass is 256 g/mol. The summed E-state index contributed by atoms with van der Waals surface area (Å²) in [6.45, 7) is 4.28. The summed E-state index contributed by atoms with van der Waals surface area (Å²) >= 11 is 0. The molecular formula is C11H20O3Si2. The first-order valence-electron chi connectivity index (χ1n) is 5.25. The van der Waals surface area contributed by atoms with E-state index in [1.54, 1.807) is 21.3 Å². The van der Waals surface area contributed by atoms with Crippen LogP contribution in [-0.2, 0) is 13.3 Å². The number of rotatable bonds is 5. The fourth-order valence-corrected chi connectivity index (χ4v) is 11.5. The van der Waals surface area contributed by atoms with E-state index >= 15 is 0 Å². The van der Waals surface area contributed by atoms with Gasteiger partial charge in [-0.1, -0.05) is 30.3 Å². The lowest BCUT2D eigenvalue weighted by atomic mass is 10.4. The maximum atomic E-state index is 5.78. The van der Waals surface area contributed by atoms with Crippen molar-refractivity contribution in [3.8, 4) is 0 Å². The van der Waals surface area contributed by atoms with E-state index in [1.807, 2.05) is 18.2 Å². The van der Waals surface area contributed by atoms with Crippen LogP contribution in [0.15, 0.2) is 30.3 Å². The first kappa shape index (κ1) is 13.6. The summed E-state index contributed by atoms with van der Waals surface area (Å²) in [5.41, 5.74) is 0. The second kappa shape index (κ2) is 5.24. The van der Waals surface area contributed by atoms with Gasteiger partial charge in [0.15, 0.2) is 0 Å². The molecule has 1 aromatic carbocycles. The predicted octanol–water partition coefficient (Wildman–Crippen LogP) is 1.56. The van der Waals surface area contributed by atoms with Crippen molar-refractivity contribution in [1.29, 1.82) is 0 Å². The van der Waals surface area contributed by atoms with Crippen molar-refractivity contribution >= 4 is 21.1 Å². The van der Waals surface area contributed by atoms with Crippen LogP contribution in [0.25, 0.3) is 0 Å². The Labute approximate surface area is 99.5 Å². The normalized spacial score (nSPS) is 12.8. The third-order valence-corrected chi connectivity index (χ3v) is 15.3. The Bertz CT molecular complexity index is 323. The van der Waals surface area contributed by atoms with Gasteiger partial charge in [-0.3, -0.25) is 0 Å². The molecule has 1 aromatic rings. The van der Waals surface area contributed by atoms with Gasteiger partial charge in [-0.2, -0.15) is 0 Å². The minimum atomic E-state index is -2.43. The molecule has 0 aliphatic rings. The van der Waals surface area contributed by atoms with Crippen molar-refractivity contribution < 1.29 is 13.3 Å². The minimum Gasteiger partial charge on any atom is -0.417 e. The van der Waals surface area contributed by atoms with Gasteiger partial charge >= 0.3 is 8.08 Å². The number of hydrogen-bond donors (Lipinski definition) is 0.